The molecule has 4 nitrogen and oxygen atoms in total. The monoisotopic (exact) mass is 518 g/mol. The quantitative estimate of drug-likeness (QED) is 0.239. The van der Waals surface area contributed by atoms with Gasteiger partial charge in [-0.3, -0.25) is 9.78 Å². The predicted octanol–water partition coefficient (Wildman–Crippen LogP) is 7.42. The Morgan fingerprint density at radius 3 is 2.19 bits per heavy atom. The average molecular weight is 518 g/mol. The second-order valence-corrected chi connectivity index (χ2v) is 8.47. The van der Waals surface area contributed by atoms with Crippen LogP contribution in [0.25, 0.3) is 11.3 Å². The first-order chi connectivity index (χ1) is 17.4. The van der Waals surface area contributed by atoms with Gasteiger partial charge < -0.3 is 4.52 Å². The molecule has 2 aromatic carbocycles. The van der Waals surface area contributed by atoms with E-state index in [1.54, 1.807) is 37.3 Å². The first-order valence-corrected chi connectivity index (χ1v) is 11.2. The number of alkyl halides is 6. The molecule has 2 heterocycles. The topological polar surface area (TPSA) is 56.0 Å². The highest BCUT2D eigenvalue weighted by Crippen LogP contribution is 2.39. The first kappa shape index (κ1) is 26.1. The van der Waals surface area contributed by atoms with Gasteiger partial charge in [-0.25, -0.2) is 0 Å². The minimum absolute atomic E-state index is 0.107. The van der Waals surface area contributed by atoms with Gasteiger partial charge in [0.25, 0.3) is 0 Å². The summed E-state index contributed by atoms with van der Waals surface area (Å²) in [7, 11) is 0. The van der Waals surface area contributed by atoms with Gasteiger partial charge in [-0.1, -0.05) is 47.6 Å². The average Bonchev–Trinajstić information content (AvgIpc) is 3.22. The highest BCUT2D eigenvalue weighted by molar-refractivity contribution is 5.84. The lowest BCUT2D eigenvalue weighted by Gasteiger charge is -2.21. The molecule has 37 heavy (non-hydrogen) atoms. The predicted molar refractivity (Wildman–Crippen MR) is 123 cm³/mol. The summed E-state index contributed by atoms with van der Waals surface area (Å²) >= 11 is 0. The molecule has 10 heteroatoms. The number of ketones is 1. The summed E-state index contributed by atoms with van der Waals surface area (Å²) in [5.41, 5.74) is -0.727. The molecule has 0 fully saturated rings. The van der Waals surface area contributed by atoms with Gasteiger partial charge in [0.2, 0.25) is 0 Å². The van der Waals surface area contributed by atoms with Gasteiger partial charge in [0, 0.05) is 36.1 Å². The summed E-state index contributed by atoms with van der Waals surface area (Å²) in [5, 5.41) is 3.93. The van der Waals surface area contributed by atoms with Crippen molar-refractivity contribution in [1.29, 1.82) is 0 Å². The molecule has 0 amide bonds. The minimum Gasteiger partial charge on any atom is -0.356 e. The smallest absolute Gasteiger partial charge is 0.356 e. The van der Waals surface area contributed by atoms with Crippen LogP contribution in [0.3, 0.4) is 0 Å². The molecule has 0 N–H and O–H groups in total. The zero-order valence-corrected chi connectivity index (χ0v) is 19.4. The van der Waals surface area contributed by atoms with Crippen LogP contribution in [-0.4, -0.2) is 15.9 Å². The molecule has 192 valence electrons. The molecule has 1 atom stereocenters. The fraction of sp³-hybridized carbons (Fsp3) is 0.222. The zero-order valence-electron chi connectivity index (χ0n) is 19.4. The number of aromatic nitrogens is 2. The molecule has 0 spiro atoms. The molecule has 0 saturated carbocycles. The number of carbonyl (C=O) groups is 1. The number of rotatable bonds is 7. The lowest BCUT2D eigenvalue weighted by atomic mass is 9.86. The number of aryl methyl sites for hydroxylation is 1. The number of Topliss-reactive ketones (excluding diaryl/α,β-unsaturated/α-hetero) is 1. The van der Waals surface area contributed by atoms with Crippen LogP contribution in [0.2, 0.25) is 0 Å². The normalized spacial score (nSPS) is 12.9. The maximum atomic E-state index is 13.8. The van der Waals surface area contributed by atoms with Crippen molar-refractivity contribution in [3.8, 4) is 11.3 Å². The Labute approximate surface area is 207 Å². The van der Waals surface area contributed by atoms with E-state index in [-0.39, 0.29) is 12.0 Å². The second-order valence-electron chi connectivity index (χ2n) is 8.47. The highest BCUT2D eigenvalue weighted by Gasteiger charge is 2.37. The van der Waals surface area contributed by atoms with Crippen molar-refractivity contribution >= 4 is 5.78 Å². The molecule has 0 saturated heterocycles. The Bertz CT molecular complexity index is 1380. The van der Waals surface area contributed by atoms with Crippen LogP contribution in [0.1, 0.15) is 46.0 Å². The highest BCUT2D eigenvalue weighted by atomic mass is 19.4. The lowest BCUT2D eigenvalue weighted by Crippen LogP contribution is -2.18. The van der Waals surface area contributed by atoms with Crippen molar-refractivity contribution in [2.24, 2.45) is 0 Å². The van der Waals surface area contributed by atoms with E-state index in [1.807, 2.05) is 0 Å². The van der Waals surface area contributed by atoms with Gasteiger partial charge in [-0.05, 0) is 36.8 Å². The lowest BCUT2D eigenvalue weighted by molar-refractivity contribution is -0.139. The molecule has 0 aliphatic carbocycles. The molecule has 0 unspecified atom stereocenters. The number of halogens is 6. The van der Waals surface area contributed by atoms with E-state index in [9.17, 15) is 31.1 Å². The number of benzene rings is 2. The van der Waals surface area contributed by atoms with Gasteiger partial charge in [-0.15, -0.1) is 0 Å². The van der Waals surface area contributed by atoms with E-state index in [4.69, 9.17) is 4.52 Å². The Balaban J connectivity index is 1.71. The van der Waals surface area contributed by atoms with Gasteiger partial charge >= 0.3 is 12.4 Å². The summed E-state index contributed by atoms with van der Waals surface area (Å²) in [6.07, 6.45) is -8.85. The van der Waals surface area contributed by atoms with Crippen molar-refractivity contribution in [1.82, 2.24) is 10.1 Å². The molecule has 2 aromatic heterocycles. The SMILES string of the molecule is Cc1noc(-c2ccccc2)c1CC(=O)C[C@@H](c1ccc(C(F)(F)F)cc1)c1ncccc1C(F)(F)F. The van der Waals surface area contributed by atoms with Crippen molar-refractivity contribution < 1.29 is 35.7 Å². The fourth-order valence-electron chi connectivity index (χ4n) is 4.12. The van der Waals surface area contributed by atoms with Crippen molar-refractivity contribution in [3.05, 3.63) is 107 Å². The summed E-state index contributed by atoms with van der Waals surface area (Å²) in [6, 6.07) is 14.6. The van der Waals surface area contributed by atoms with Gasteiger partial charge in [-0.2, -0.15) is 26.3 Å². The van der Waals surface area contributed by atoms with Crippen molar-refractivity contribution in [2.75, 3.05) is 0 Å². The molecule has 0 bridgehead atoms. The largest absolute Gasteiger partial charge is 0.418 e. The van der Waals surface area contributed by atoms with Crippen LogP contribution < -0.4 is 0 Å². The maximum absolute atomic E-state index is 13.8. The molecule has 4 aromatic rings. The molecular formula is C27H20F6N2O2. The molecular weight excluding hydrogens is 498 g/mol. The number of nitrogens with zero attached hydrogens (tertiary/aromatic N) is 2. The van der Waals surface area contributed by atoms with Crippen LogP contribution in [-0.2, 0) is 23.6 Å². The van der Waals surface area contributed by atoms with E-state index in [0.717, 1.165) is 42.6 Å². The zero-order chi connectivity index (χ0) is 26.8. The number of carbonyl (C=O) groups excluding carboxylic acids is 1. The molecule has 0 radical (unpaired) electrons. The Kier molecular flexibility index (Phi) is 7.20. The number of hydrogen-bond donors (Lipinski definition) is 0. The van der Waals surface area contributed by atoms with Gasteiger partial charge in [0.1, 0.15) is 5.78 Å². The van der Waals surface area contributed by atoms with E-state index in [1.165, 1.54) is 0 Å². The van der Waals surface area contributed by atoms with Crippen LogP contribution in [0.5, 0.6) is 0 Å². The minimum atomic E-state index is -4.78. The van der Waals surface area contributed by atoms with Crippen LogP contribution in [0.15, 0.2) is 77.4 Å². The number of hydrogen-bond acceptors (Lipinski definition) is 4. The fourth-order valence-corrected chi connectivity index (χ4v) is 4.12. The molecule has 4 rings (SSSR count). The van der Waals surface area contributed by atoms with E-state index in [0.29, 0.717) is 22.6 Å². The van der Waals surface area contributed by atoms with E-state index >= 15 is 0 Å². The Hall–Kier alpha value is -3.95. The third kappa shape index (κ3) is 5.90. The van der Waals surface area contributed by atoms with Gasteiger partial charge in [0.05, 0.1) is 22.5 Å². The standard InChI is InChI=1S/C27H20F6N2O2/c1-16-21(25(37-35-16)18-6-3-2-4-7-18)14-20(36)15-22(17-9-11-19(12-10-17)26(28,29)30)24-23(27(31,32)33)8-5-13-34-24/h2-13,22H,14-15H2,1H3/t22-/m0/s1. The molecule has 0 aliphatic rings. The second kappa shape index (κ2) is 10.2. The van der Waals surface area contributed by atoms with E-state index < -0.39 is 47.3 Å². The van der Waals surface area contributed by atoms with Crippen LogP contribution >= 0.6 is 0 Å². The summed E-state index contributed by atoms with van der Waals surface area (Å²) in [5.74, 6) is -1.31. The van der Waals surface area contributed by atoms with Crippen molar-refractivity contribution in [3.63, 3.8) is 0 Å². The van der Waals surface area contributed by atoms with Gasteiger partial charge in [0.15, 0.2) is 5.76 Å². The maximum Gasteiger partial charge on any atom is 0.418 e. The summed E-state index contributed by atoms with van der Waals surface area (Å²) < 4.78 is 86.0. The third-order valence-corrected chi connectivity index (χ3v) is 5.94. The number of pyridine rings is 1. The first-order valence-electron chi connectivity index (χ1n) is 11.2. The van der Waals surface area contributed by atoms with Crippen LogP contribution in [0.4, 0.5) is 26.3 Å². The Morgan fingerprint density at radius 2 is 1.57 bits per heavy atom. The van der Waals surface area contributed by atoms with Crippen molar-refractivity contribution in [2.45, 2.75) is 38.0 Å². The van der Waals surface area contributed by atoms with Crippen LogP contribution in [0, 0.1) is 6.92 Å². The third-order valence-electron chi connectivity index (χ3n) is 5.94. The Morgan fingerprint density at radius 1 is 0.892 bits per heavy atom. The summed E-state index contributed by atoms with van der Waals surface area (Å²) in [6.45, 7) is 1.65. The summed E-state index contributed by atoms with van der Waals surface area (Å²) in [4.78, 5) is 17.1. The molecule has 0 aliphatic heterocycles. The van der Waals surface area contributed by atoms with E-state index in [2.05, 4.69) is 10.1 Å².